The third-order valence-corrected chi connectivity index (χ3v) is 5.46. The lowest BCUT2D eigenvalue weighted by Gasteiger charge is -2.25. The number of rotatable bonds is 6. The molecule has 26 heavy (non-hydrogen) atoms. The standard InChI is InChI=1S/C18H22BrN3O3S/c1-12-3-4-16(15(19)9-12)25-13(2)17(23)21-18-20-14(11-26-18)10-22-5-7-24-8-6-22/h3-4,9,11,13H,5-8,10H2,1-2H3,(H,20,21,23). The van der Waals surface area contributed by atoms with Crippen molar-refractivity contribution < 1.29 is 14.3 Å². The second kappa shape index (κ2) is 8.94. The fraction of sp³-hybridized carbons (Fsp3) is 0.444. The molecule has 1 aromatic heterocycles. The van der Waals surface area contributed by atoms with Gasteiger partial charge in [-0.1, -0.05) is 6.07 Å². The van der Waals surface area contributed by atoms with Gasteiger partial charge in [-0.2, -0.15) is 0 Å². The number of morpholine rings is 1. The first-order valence-electron chi connectivity index (χ1n) is 8.49. The van der Waals surface area contributed by atoms with Crippen molar-refractivity contribution in [1.29, 1.82) is 0 Å². The van der Waals surface area contributed by atoms with Gasteiger partial charge in [0.05, 0.1) is 23.4 Å². The maximum absolute atomic E-state index is 12.4. The topological polar surface area (TPSA) is 63.7 Å². The van der Waals surface area contributed by atoms with Gasteiger partial charge in [-0.15, -0.1) is 11.3 Å². The number of carbonyl (C=O) groups is 1. The van der Waals surface area contributed by atoms with Crippen LogP contribution in [-0.2, 0) is 16.1 Å². The second-order valence-corrected chi connectivity index (χ2v) is 7.93. The van der Waals surface area contributed by atoms with Gasteiger partial charge < -0.3 is 9.47 Å². The maximum atomic E-state index is 12.4. The predicted molar refractivity (Wildman–Crippen MR) is 106 cm³/mol. The van der Waals surface area contributed by atoms with Gasteiger partial charge in [0, 0.05) is 25.0 Å². The summed E-state index contributed by atoms with van der Waals surface area (Å²) in [6.45, 7) is 7.85. The molecular weight excluding hydrogens is 418 g/mol. The van der Waals surface area contributed by atoms with Crippen LogP contribution in [0.25, 0.3) is 0 Å². The highest BCUT2D eigenvalue weighted by Crippen LogP contribution is 2.27. The summed E-state index contributed by atoms with van der Waals surface area (Å²) in [6, 6.07) is 5.76. The Bertz CT molecular complexity index is 762. The SMILES string of the molecule is Cc1ccc(OC(C)C(=O)Nc2nc(CN3CCOCC3)cs2)c(Br)c1. The van der Waals surface area contributed by atoms with Crippen molar-refractivity contribution in [2.24, 2.45) is 0 Å². The summed E-state index contributed by atoms with van der Waals surface area (Å²) in [7, 11) is 0. The lowest BCUT2D eigenvalue weighted by Crippen LogP contribution is -2.35. The van der Waals surface area contributed by atoms with Gasteiger partial charge in [-0.05, 0) is 47.5 Å². The molecule has 1 N–H and O–H groups in total. The second-order valence-electron chi connectivity index (χ2n) is 6.22. The number of aromatic nitrogens is 1. The molecule has 1 amide bonds. The van der Waals surface area contributed by atoms with Crippen molar-refractivity contribution in [3.63, 3.8) is 0 Å². The Morgan fingerprint density at radius 2 is 2.23 bits per heavy atom. The molecule has 0 bridgehead atoms. The normalized spacial score (nSPS) is 16.3. The maximum Gasteiger partial charge on any atom is 0.266 e. The molecule has 0 spiro atoms. The minimum Gasteiger partial charge on any atom is -0.480 e. The van der Waals surface area contributed by atoms with E-state index in [0.29, 0.717) is 10.9 Å². The summed E-state index contributed by atoms with van der Waals surface area (Å²) in [5, 5.41) is 5.41. The molecule has 6 nitrogen and oxygen atoms in total. The molecule has 8 heteroatoms. The molecule has 1 fully saturated rings. The Balaban J connectivity index is 1.53. The Kier molecular flexibility index (Phi) is 6.63. The van der Waals surface area contributed by atoms with Crippen molar-refractivity contribution >= 4 is 38.3 Å². The summed E-state index contributed by atoms with van der Waals surface area (Å²) in [6.07, 6.45) is -0.624. The summed E-state index contributed by atoms with van der Waals surface area (Å²) >= 11 is 4.89. The van der Waals surface area contributed by atoms with Gasteiger partial charge in [-0.3, -0.25) is 15.0 Å². The van der Waals surface area contributed by atoms with Gasteiger partial charge in [0.15, 0.2) is 11.2 Å². The van der Waals surface area contributed by atoms with E-state index >= 15 is 0 Å². The van der Waals surface area contributed by atoms with Crippen LogP contribution >= 0.6 is 27.3 Å². The highest BCUT2D eigenvalue weighted by atomic mass is 79.9. The minimum atomic E-state index is -0.624. The van der Waals surface area contributed by atoms with Crippen LogP contribution in [-0.4, -0.2) is 48.2 Å². The lowest BCUT2D eigenvalue weighted by molar-refractivity contribution is -0.122. The van der Waals surface area contributed by atoms with Gasteiger partial charge in [0.25, 0.3) is 5.91 Å². The molecular formula is C18H22BrN3O3S. The molecule has 2 heterocycles. The minimum absolute atomic E-state index is 0.218. The fourth-order valence-electron chi connectivity index (χ4n) is 2.58. The van der Waals surface area contributed by atoms with Gasteiger partial charge in [0.2, 0.25) is 0 Å². The number of halogens is 1. The van der Waals surface area contributed by atoms with E-state index in [0.717, 1.165) is 48.6 Å². The largest absolute Gasteiger partial charge is 0.480 e. The van der Waals surface area contributed by atoms with Gasteiger partial charge >= 0.3 is 0 Å². The highest BCUT2D eigenvalue weighted by molar-refractivity contribution is 9.10. The summed E-state index contributed by atoms with van der Waals surface area (Å²) < 4.78 is 11.9. The average molecular weight is 440 g/mol. The van der Waals surface area contributed by atoms with Crippen LogP contribution in [0.3, 0.4) is 0 Å². The predicted octanol–water partition coefficient (Wildman–Crippen LogP) is 3.45. The van der Waals surface area contributed by atoms with E-state index in [2.05, 4.69) is 31.1 Å². The molecule has 2 aromatic rings. The van der Waals surface area contributed by atoms with E-state index in [1.807, 2.05) is 30.5 Å². The van der Waals surface area contributed by atoms with E-state index in [1.54, 1.807) is 6.92 Å². The van der Waals surface area contributed by atoms with Crippen LogP contribution in [0.4, 0.5) is 5.13 Å². The van der Waals surface area contributed by atoms with Crippen molar-refractivity contribution in [2.45, 2.75) is 26.5 Å². The first-order valence-corrected chi connectivity index (χ1v) is 10.2. The zero-order valence-electron chi connectivity index (χ0n) is 14.8. The number of aryl methyl sites for hydroxylation is 1. The smallest absolute Gasteiger partial charge is 0.266 e. The van der Waals surface area contributed by atoms with Crippen LogP contribution < -0.4 is 10.1 Å². The molecule has 3 rings (SSSR count). The number of carbonyl (C=O) groups excluding carboxylic acids is 1. The van der Waals surface area contributed by atoms with E-state index in [-0.39, 0.29) is 5.91 Å². The molecule has 0 radical (unpaired) electrons. The Morgan fingerprint density at radius 1 is 1.46 bits per heavy atom. The van der Waals surface area contributed by atoms with Crippen LogP contribution in [0.2, 0.25) is 0 Å². The Morgan fingerprint density at radius 3 is 2.96 bits per heavy atom. The van der Waals surface area contributed by atoms with Crippen molar-refractivity contribution in [3.8, 4) is 5.75 Å². The number of hydrogen-bond acceptors (Lipinski definition) is 6. The summed E-state index contributed by atoms with van der Waals surface area (Å²) in [5.74, 6) is 0.426. The molecule has 1 atom stereocenters. The van der Waals surface area contributed by atoms with Crippen molar-refractivity contribution in [1.82, 2.24) is 9.88 Å². The average Bonchev–Trinajstić information content (AvgIpc) is 3.05. The van der Waals surface area contributed by atoms with E-state index in [1.165, 1.54) is 11.3 Å². The number of nitrogens with zero attached hydrogens (tertiary/aromatic N) is 2. The first-order chi connectivity index (χ1) is 12.5. The number of thiazole rings is 1. The number of nitrogens with one attached hydrogen (secondary N) is 1. The fourth-order valence-corrected chi connectivity index (χ4v) is 3.87. The third-order valence-electron chi connectivity index (χ3n) is 4.03. The zero-order valence-corrected chi connectivity index (χ0v) is 17.2. The van der Waals surface area contributed by atoms with Crippen molar-refractivity contribution in [2.75, 3.05) is 31.6 Å². The molecule has 1 saturated heterocycles. The first kappa shape index (κ1) is 19.3. The van der Waals surface area contributed by atoms with Crippen molar-refractivity contribution in [3.05, 3.63) is 39.3 Å². The number of ether oxygens (including phenoxy) is 2. The van der Waals surface area contributed by atoms with Crippen LogP contribution in [0.1, 0.15) is 18.2 Å². The molecule has 0 aliphatic carbocycles. The molecule has 1 aliphatic rings. The zero-order chi connectivity index (χ0) is 18.5. The van der Waals surface area contributed by atoms with Crippen LogP contribution in [0, 0.1) is 6.92 Å². The number of amides is 1. The van der Waals surface area contributed by atoms with E-state index in [4.69, 9.17) is 9.47 Å². The molecule has 0 saturated carbocycles. The Hall–Kier alpha value is -1.48. The van der Waals surface area contributed by atoms with Crippen LogP contribution in [0.15, 0.2) is 28.1 Å². The molecule has 140 valence electrons. The third kappa shape index (κ3) is 5.26. The van der Waals surface area contributed by atoms with Gasteiger partial charge in [0.1, 0.15) is 5.75 Å². The summed E-state index contributed by atoms with van der Waals surface area (Å²) in [5.41, 5.74) is 2.08. The molecule has 1 aromatic carbocycles. The van der Waals surface area contributed by atoms with Gasteiger partial charge in [-0.25, -0.2) is 4.98 Å². The highest BCUT2D eigenvalue weighted by Gasteiger charge is 2.18. The summed E-state index contributed by atoms with van der Waals surface area (Å²) in [4.78, 5) is 19.2. The molecule has 1 unspecified atom stereocenters. The van der Waals surface area contributed by atoms with Crippen LogP contribution in [0.5, 0.6) is 5.75 Å². The monoisotopic (exact) mass is 439 g/mol. The van der Waals surface area contributed by atoms with E-state index in [9.17, 15) is 4.79 Å². The van der Waals surface area contributed by atoms with E-state index < -0.39 is 6.10 Å². The quantitative estimate of drug-likeness (QED) is 0.746. The lowest BCUT2D eigenvalue weighted by atomic mass is 10.2. The Labute approximate surface area is 165 Å². The number of hydrogen-bond donors (Lipinski definition) is 1. The number of benzene rings is 1. The molecule has 1 aliphatic heterocycles. The number of anilines is 1.